The first-order valence-corrected chi connectivity index (χ1v) is 14.0. The van der Waals surface area contributed by atoms with Crippen LogP contribution in [0.5, 0.6) is 5.75 Å². The number of amides is 3. The van der Waals surface area contributed by atoms with Crippen molar-refractivity contribution < 1.29 is 19.1 Å². The molecule has 4 aromatic rings. The molecule has 0 saturated carbocycles. The highest BCUT2D eigenvalue weighted by molar-refractivity contribution is 8.00. The molecule has 0 fully saturated rings. The molecule has 3 aromatic carbocycles. The van der Waals surface area contributed by atoms with Gasteiger partial charge in [-0.15, -0.1) is 11.8 Å². The summed E-state index contributed by atoms with van der Waals surface area (Å²) >= 11 is 7.13. The molecule has 3 N–H and O–H groups in total. The fourth-order valence-electron chi connectivity index (χ4n) is 3.58. The summed E-state index contributed by atoms with van der Waals surface area (Å²) in [5, 5.41) is 8.76. The van der Waals surface area contributed by atoms with Gasteiger partial charge in [0.05, 0.1) is 17.4 Å². The summed E-state index contributed by atoms with van der Waals surface area (Å²) in [6, 6.07) is 26.2. The predicted molar refractivity (Wildman–Crippen MR) is 163 cm³/mol. The molecular weight excluding hydrogens is 560 g/mol. The van der Waals surface area contributed by atoms with Crippen molar-refractivity contribution in [1.29, 1.82) is 0 Å². The second-order valence-electron chi connectivity index (χ2n) is 8.56. The topological polar surface area (TPSA) is 109 Å². The zero-order valence-corrected chi connectivity index (χ0v) is 23.7. The van der Waals surface area contributed by atoms with Crippen LogP contribution in [0.2, 0.25) is 5.02 Å². The van der Waals surface area contributed by atoms with E-state index in [1.54, 1.807) is 84.9 Å². The van der Waals surface area contributed by atoms with E-state index < -0.39 is 11.8 Å². The molecular formula is C31H27ClN4O4S. The van der Waals surface area contributed by atoms with Gasteiger partial charge in [0.1, 0.15) is 17.3 Å². The van der Waals surface area contributed by atoms with Crippen LogP contribution in [0.3, 0.4) is 0 Å². The molecule has 10 heteroatoms. The van der Waals surface area contributed by atoms with Crippen molar-refractivity contribution in [2.75, 3.05) is 23.0 Å². The van der Waals surface area contributed by atoms with E-state index in [2.05, 4.69) is 20.9 Å². The summed E-state index contributed by atoms with van der Waals surface area (Å²) in [7, 11) is 0. The lowest BCUT2D eigenvalue weighted by atomic mass is 10.1. The molecule has 0 aliphatic heterocycles. The molecule has 0 radical (unpaired) electrons. The maximum atomic E-state index is 13.4. The van der Waals surface area contributed by atoms with E-state index in [4.69, 9.17) is 16.3 Å². The number of pyridine rings is 1. The lowest BCUT2D eigenvalue weighted by molar-refractivity contribution is -0.114. The van der Waals surface area contributed by atoms with Gasteiger partial charge in [-0.25, -0.2) is 4.98 Å². The molecule has 0 unspecified atom stereocenters. The summed E-state index contributed by atoms with van der Waals surface area (Å²) in [5.74, 6) is 0.100. The van der Waals surface area contributed by atoms with E-state index in [0.717, 1.165) is 4.90 Å². The van der Waals surface area contributed by atoms with Crippen LogP contribution in [0, 0.1) is 0 Å². The van der Waals surface area contributed by atoms with E-state index in [-0.39, 0.29) is 17.4 Å². The number of thioether (sulfide) groups is 1. The van der Waals surface area contributed by atoms with Crippen LogP contribution < -0.4 is 20.7 Å². The molecule has 41 heavy (non-hydrogen) atoms. The number of hydrogen-bond donors (Lipinski definition) is 3. The highest BCUT2D eigenvalue weighted by atomic mass is 35.5. The van der Waals surface area contributed by atoms with E-state index >= 15 is 0 Å². The summed E-state index contributed by atoms with van der Waals surface area (Å²) in [5.41, 5.74) is 1.70. The van der Waals surface area contributed by atoms with Crippen LogP contribution in [0.25, 0.3) is 6.08 Å². The predicted octanol–water partition coefficient (Wildman–Crippen LogP) is 6.27. The van der Waals surface area contributed by atoms with Gasteiger partial charge < -0.3 is 20.7 Å². The Labute approximate surface area is 247 Å². The first kappa shape index (κ1) is 29.4. The number of carbonyl (C=O) groups excluding carboxylic acids is 3. The third-order valence-electron chi connectivity index (χ3n) is 5.49. The van der Waals surface area contributed by atoms with Crippen LogP contribution in [-0.2, 0) is 9.59 Å². The van der Waals surface area contributed by atoms with E-state index in [1.807, 2.05) is 19.1 Å². The van der Waals surface area contributed by atoms with E-state index in [9.17, 15) is 14.4 Å². The number of hydrogen-bond acceptors (Lipinski definition) is 6. The fourth-order valence-corrected chi connectivity index (χ4v) is 4.44. The van der Waals surface area contributed by atoms with Gasteiger partial charge in [0.15, 0.2) is 0 Å². The standard InChI is InChI=1S/C31H27ClN4O4S/c1-2-40-25-14-11-21(12-15-25)17-27(35-30(38)22-7-4-3-5-8-22)31(39)34-24-9-6-10-26(18-24)41-20-29(37)36-28-16-13-23(32)19-33-28/h3-19H,2,20H2,1H3,(H,34,39)(H,35,38)(H,33,36,37)/b27-17+. The van der Waals surface area contributed by atoms with Crippen LogP contribution in [0.1, 0.15) is 22.8 Å². The summed E-state index contributed by atoms with van der Waals surface area (Å²) < 4.78 is 5.49. The highest BCUT2D eigenvalue weighted by Crippen LogP contribution is 2.23. The molecule has 0 spiro atoms. The number of halogens is 1. The SMILES string of the molecule is CCOc1ccc(/C=C(/NC(=O)c2ccccc2)C(=O)Nc2cccc(SCC(=O)Nc3ccc(Cl)cn3)c2)cc1. The Balaban J connectivity index is 1.45. The Morgan fingerprint density at radius 2 is 1.71 bits per heavy atom. The second kappa shape index (κ2) is 14.7. The third-order valence-corrected chi connectivity index (χ3v) is 6.70. The number of ether oxygens (including phenoxy) is 1. The van der Waals surface area contributed by atoms with Crippen molar-refractivity contribution in [3.05, 3.63) is 119 Å². The molecule has 3 amide bonds. The lowest BCUT2D eigenvalue weighted by Gasteiger charge is -2.12. The third kappa shape index (κ3) is 9.23. The smallest absolute Gasteiger partial charge is 0.272 e. The zero-order valence-electron chi connectivity index (χ0n) is 22.1. The summed E-state index contributed by atoms with van der Waals surface area (Å²) in [6.45, 7) is 2.44. The Kier molecular flexibility index (Phi) is 10.5. The molecule has 0 saturated heterocycles. The Morgan fingerprint density at radius 1 is 0.927 bits per heavy atom. The number of rotatable bonds is 11. The first-order chi connectivity index (χ1) is 19.9. The molecule has 1 heterocycles. The van der Waals surface area contributed by atoms with Crippen LogP contribution in [0.15, 0.2) is 108 Å². The van der Waals surface area contributed by atoms with Crippen molar-refractivity contribution in [3.63, 3.8) is 0 Å². The van der Waals surface area contributed by atoms with Gasteiger partial charge >= 0.3 is 0 Å². The number of nitrogens with zero attached hydrogens (tertiary/aromatic N) is 1. The van der Waals surface area contributed by atoms with Crippen LogP contribution in [-0.4, -0.2) is 35.1 Å². The van der Waals surface area contributed by atoms with Gasteiger partial charge in [0, 0.05) is 22.3 Å². The molecule has 208 valence electrons. The zero-order chi connectivity index (χ0) is 29.0. The largest absolute Gasteiger partial charge is 0.494 e. The van der Waals surface area contributed by atoms with Crippen molar-refractivity contribution >= 4 is 58.7 Å². The number of nitrogens with one attached hydrogen (secondary N) is 3. The number of aromatic nitrogens is 1. The van der Waals surface area contributed by atoms with Crippen LogP contribution in [0.4, 0.5) is 11.5 Å². The van der Waals surface area contributed by atoms with Gasteiger partial charge in [0.25, 0.3) is 11.8 Å². The summed E-state index contributed by atoms with van der Waals surface area (Å²) in [4.78, 5) is 43.4. The minimum Gasteiger partial charge on any atom is -0.494 e. The summed E-state index contributed by atoms with van der Waals surface area (Å²) in [6.07, 6.45) is 3.05. The van der Waals surface area contributed by atoms with Crippen molar-refractivity contribution in [1.82, 2.24) is 10.3 Å². The van der Waals surface area contributed by atoms with Crippen LogP contribution >= 0.6 is 23.4 Å². The molecule has 0 bridgehead atoms. The van der Waals surface area contributed by atoms with Gasteiger partial charge in [-0.2, -0.15) is 0 Å². The number of carbonyl (C=O) groups is 3. The minimum absolute atomic E-state index is 0.0657. The Hall–Kier alpha value is -4.60. The number of benzene rings is 3. The first-order valence-electron chi connectivity index (χ1n) is 12.7. The fraction of sp³-hybridized carbons (Fsp3) is 0.0968. The highest BCUT2D eigenvalue weighted by Gasteiger charge is 2.15. The molecule has 0 atom stereocenters. The molecule has 8 nitrogen and oxygen atoms in total. The second-order valence-corrected chi connectivity index (χ2v) is 10.0. The van der Waals surface area contributed by atoms with E-state index in [0.29, 0.717) is 40.0 Å². The van der Waals surface area contributed by atoms with Crippen molar-refractivity contribution in [3.8, 4) is 5.75 Å². The van der Waals surface area contributed by atoms with Gasteiger partial charge in [-0.1, -0.05) is 48.0 Å². The van der Waals surface area contributed by atoms with Gasteiger partial charge in [-0.3, -0.25) is 14.4 Å². The quantitative estimate of drug-likeness (QED) is 0.141. The molecule has 0 aliphatic rings. The van der Waals surface area contributed by atoms with Gasteiger partial charge in [0.2, 0.25) is 5.91 Å². The Bertz CT molecular complexity index is 1530. The normalized spacial score (nSPS) is 10.9. The maximum absolute atomic E-state index is 13.4. The van der Waals surface area contributed by atoms with Gasteiger partial charge in [-0.05, 0) is 73.2 Å². The molecule has 4 rings (SSSR count). The average molecular weight is 587 g/mol. The monoisotopic (exact) mass is 586 g/mol. The molecule has 1 aromatic heterocycles. The van der Waals surface area contributed by atoms with Crippen molar-refractivity contribution in [2.24, 2.45) is 0 Å². The minimum atomic E-state index is -0.503. The van der Waals surface area contributed by atoms with Crippen molar-refractivity contribution in [2.45, 2.75) is 11.8 Å². The Morgan fingerprint density at radius 3 is 2.41 bits per heavy atom. The lowest BCUT2D eigenvalue weighted by Crippen LogP contribution is -2.30. The maximum Gasteiger partial charge on any atom is 0.272 e. The molecule has 0 aliphatic carbocycles. The number of anilines is 2. The average Bonchev–Trinajstić information content (AvgIpc) is 2.98. The van der Waals surface area contributed by atoms with E-state index in [1.165, 1.54) is 18.0 Å².